The molecule has 130 valence electrons. The van der Waals surface area contributed by atoms with E-state index in [1.165, 1.54) is 4.40 Å². The quantitative estimate of drug-likeness (QED) is 0.681. The molecule has 0 amide bonds. The van der Waals surface area contributed by atoms with Gasteiger partial charge in [0.15, 0.2) is 0 Å². The molecule has 1 aromatic carbocycles. The molecule has 0 saturated heterocycles. The van der Waals surface area contributed by atoms with Gasteiger partial charge in [0, 0.05) is 29.4 Å². The van der Waals surface area contributed by atoms with E-state index in [9.17, 15) is 14.7 Å². The fraction of sp³-hybridized carbons (Fsp3) is 0.278. The third kappa shape index (κ3) is 3.44. The van der Waals surface area contributed by atoms with Gasteiger partial charge in [-0.2, -0.15) is 0 Å². The number of nitrogens with zero attached hydrogens (tertiary/aromatic N) is 3. The van der Waals surface area contributed by atoms with E-state index >= 15 is 0 Å². The van der Waals surface area contributed by atoms with E-state index in [1.54, 1.807) is 22.9 Å². The number of carboxylic acid groups (broad SMARTS) is 1. The maximum atomic E-state index is 12.3. The number of aryl methyl sites for hydroxylation is 1. The molecule has 0 atom stereocenters. The van der Waals surface area contributed by atoms with Crippen LogP contribution < -0.4 is 5.56 Å². The molecular weight excluding hydrogens is 342 g/mol. The van der Waals surface area contributed by atoms with E-state index in [4.69, 9.17) is 11.6 Å². The summed E-state index contributed by atoms with van der Waals surface area (Å²) in [7, 11) is 0. The van der Waals surface area contributed by atoms with Gasteiger partial charge in [0.1, 0.15) is 5.69 Å². The highest BCUT2D eigenvalue weighted by molar-refractivity contribution is 6.30. The molecule has 2 aromatic heterocycles. The van der Waals surface area contributed by atoms with Crippen LogP contribution in [0.25, 0.3) is 17.0 Å². The number of hydrogen-bond donors (Lipinski definition) is 1. The van der Waals surface area contributed by atoms with E-state index in [1.807, 2.05) is 12.1 Å². The lowest BCUT2D eigenvalue weighted by Crippen LogP contribution is -2.23. The average molecular weight is 360 g/mol. The van der Waals surface area contributed by atoms with Gasteiger partial charge in [-0.15, -0.1) is 0 Å². The molecule has 6 nitrogen and oxygen atoms in total. The lowest BCUT2D eigenvalue weighted by molar-refractivity contribution is 0.0684. The Morgan fingerprint density at radius 1 is 1.24 bits per heavy atom. The number of rotatable bonds is 6. The smallest absolute Gasteiger partial charge is 0.352 e. The molecule has 0 bridgehead atoms. The normalized spacial score (nSPS) is 11.1. The second kappa shape index (κ2) is 7.11. The highest BCUT2D eigenvalue weighted by Gasteiger charge is 2.17. The summed E-state index contributed by atoms with van der Waals surface area (Å²) < 4.78 is 2.99. The average Bonchev–Trinajstić information content (AvgIpc) is 3.03. The van der Waals surface area contributed by atoms with Crippen molar-refractivity contribution in [2.45, 2.75) is 32.7 Å². The number of halogens is 1. The molecule has 0 unspecified atom stereocenters. The minimum Gasteiger partial charge on any atom is -0.477 e. The van der Waals surface area contributed by atoms with Crippen molar-refractivity contribution in [3.8, 4) is 11.3 Å². The van der Waals surface area contributed by atoms with Crippen molar-refractivity contribution < 1.29 is 9.90 Å². The summed E-state index contributed by atoms with van der Waals surface area (Å²) in [5.41, 5.74) is 0.957. The summed E-state index contributed by atoms with van der Waals surface area (Å²) in [6.07, 6.45) is 4.44. The van der Waals surface area contributed by atoms with Crippen LogP contribution in [0, 0.1) is 0 Å². The standard InChI is InChI=1S/C18H18ClN3O3/c1-2-3-4-9-21-15(17(24)25)10-16(23)22-11-14(20-18(21)22)12-5-7-13(19)8-6-12/h5-8,10-11H,2-4,9H2,1H3,(H,24,25). The minimum absolute atomic E-state index is 0.0399. The third-order valence-corrected chi connectivity index (χ3v) is 4.31. The Bertz CT molecular complexity index is 974. The fourth-order valence-corrected chi connectivity index (χ4v) is 2.90. The summed E-state index contributed by atoms with van der Waals surface area (Å²) in [6.45, 7) is 2.57. The monoisotopic (exact) mass is 359 g/mol. The number of aromatic carboxylic acids is 1. The van der Waals surface area contributed by atoms with Crippen molar-refractivity contribution >= 4 is 23.3 Å². The molecule has 3 aromatic rings. The van der Waals surface area contributed by atoms with Gasteiger partial charge < -0.3 is 9.67 Å². The molecule has 0 saturated carbocycles. The van der Waals surface area contributed by atoms with Crippen LogP contribution in [-0.4, -0.2) is 25.0 Å². The van der Waals surface area contributed by atoms with Crippen LogP contribution in [0.1, 0.15) is 36.7 Å². The van der Waals surface area contributed by atoms with Gasteiger partial charge in [-0.05, 0) is 18.6 Å². The first-order valence-corrected chi connectivity index (χ1v) is 8.51. The fourth-order valence-electron chi connectivity index (χ4n) is 2.77. The van der Waals surface area contributed by atoms with E-state index in [-0.39, 0.29) is 5.69 Å². The lowest BCUT2D eigenvalue weighted by Gasteiger charge is -2.11. The molecule has 0 aliphatic heterocycles. The predicted molar refractivity (Wildman–Crippen MR) is 96.4 cm³/mol. The maximum absolute atomic E-state index is 12.3. The predicted octanol–water partition coefficient (Wildman–Crippen LogP) is 3.70. The Morgan fingerprint density at radius 2 is 1.96 bits per heavy atom. The molecule has 3 rings (SSSR count). The Labute approximate surface area is 149 Å². The molecule has 25 heavy (non-hydrogen) atoms. The number of fused-ring (bicyclic) bond motifs is 1. The van der Waals surface area contributed by atoms with Gasteiger partial charge in [0.2, 0.25) is 5.78 Å². The molecule has 7 heteroatoms. The van der Waals surface area contributed by atoms with Gasteiger partial charge in [0.05, 0.1) is 5.69 Å². The summed E-state index contributed by atoms with van der Waals surface area (Å²) in [6, 6.07) is 8.27. The summed E-state index contributed by atoms with van der Waals surface area (Å²) in [5.74, 6) is -0.793. The van der Waals surface area contributed by atoms with Gasteiger partial charge in [0.25, 0.3) is 5.56 Å². The number of unbranched alkanes of at least 4 members (excludes halogenated alkanes) is 2. The van der Waals surface area contributed by atoms with Crippen molar-refractivity contribution in [2.24, 2.45) is 0 Å². The Hall–Kier alpha value is -2.60. The Kier molecular flexibility index (Phi) is 4.90. The molecule has 0 radical (unpaired) electrons. The molecule has 1 N–H and O–H groups in total. The molecular formula is C18H18ClN3O3. The lowest BCUT2D eigenvalue weighted by atomic mass is 10.2. The maximum Gasteiger partial charge on any atom is 0.352 e. The van der Waals surface area contributed by atoms with Crippen LogP contribution in [0.4, 0.5) is 0 Å². The van der Waals surface area contributed by atoms with Crippen LogP contribution in [-0.2, 0) is 6.54 Å². The van der Waals surface area contributed by atoms with Crippen LogP contribution in [0.3, 0.4) is 0 Å². The van der Waals surface area contributed by atoms with Crippen molar-refractivity contribution in [3.05, 3.63) is 57.6 Å². The van der Waals surface area contributed by atoms with E-state index in [0.29, 0.717) is 23.0 Å². The number of benzene rings is 1. The van der Waals surface area contributed by atoms with E-state index in [0.717, 1.165) is 30.9 Å². The molecule has 0 aliphatic carbocycles. The van der Waals surface area contributed by atoms with Gasteiger partial charge in [-0.3, -0.25) is 9.20 Å². The third-order valence-electron chi connectivity index (χ3n) is 4.06. The number of imidazole rings is 1. The first-order chi connectivity index (χ1) is 12.0. The second-order valence-corrected chi connectivity index (χ2v) is 6.27. The first-order valence-electron chi connectivity index (χ1n) is 8.13. The number of aromatic nitrogens is 3. The van der Waals surface area contributed by atoms with Crippen molar-refractivity contribution in [1.29, 1.82) is 0 Å². The largest absolute Gasteiger partial charge is 0.477 e. The topological polar surface area (TPSA) is 76.6 Å². The van der Waals surface area contributed by atoms with Crippen LogP contribution >= 0.6 is 11.6 Å². The van der Waals surface area contributed by atoms with Crippen molar-refractivity contribution in [3.63, 3.8) is 0 Å². The molecule has 0 fully saturated rings. The second-order valence-electron chi connectivity index (χ2n) is 5.83. The number of carbonyl (C=O) groups is 1. The molecule has 2 heterocycles. The SMILES string of the molecule is CCCCCn1c(C(=O)O)cc(=O)n2cc(-c3ccc(Cl)cc3)nc12. The van der Waals surface area contributed by atoms with E-state index < -0.39 is 11.5 Å². The van der Waals surface area contributed by atoms with Crippen LogP contribution in [0.5, 0.6) is 0 Å². The highest BCUT2D eigenvalue weighted by atomic mass is 35.5. The zero-order chi connectivity index (χ0) is 18.0. The van der Waals surface area contributed by atoms with Gasteiger partial charge >= 0.3 is 5.97 Å². The number of hydrogen-bond acceptors (Lipinski definition) is 3. The van der Waals surface area contributed by atoms with Gasteiger partial charge in [-0.1, -0.05) is 43.5 Å². The Balaban J connectivity index is 2.17. The first kappa shape index (κ1) is 17.2. The van der Waals surface area contributed by atoms with Crippen molar-refractivity contribution in [2.75, 3.05) is 0 Å². The summed E-state index contributed by atoms with van der Waals surface area (Å²) >= 11 is 5.91. The number of carboxylic acids is 1. The Morgan fingerprint density at radius 3 is 2.60 bits per heavy atom. The zero-order valence-electron chi connectivity index (χ0n) is 13.8. The molecule has 0 spiro atoms. The van der Waals surface area contributed by atoms with Gasteiger partial charge in [-0.25, -0.2) is 9.78 Å². The van der Waals surface area contributed by atoms with Crippen molar-refractivity contribution in [1.82, 2.24) is 14.0 Å². The highest BCUT2D eigenvalue weighted by Crippen LogP contribution is 2.21. The van der Waals surface area contributed by atoms with Crippen LogP contribution in [0.15, 0.2) is 41.3 Å². The van der Waals surface area contributed by atoms with Crippen LogP contribution in [0.2, 0.25) is 5.02 Å². The minimum atomic E-state index is -1.13. The molecule has 0 aliphatic rings. The summed E-state index contributed by atoms with van der Waals surface area (Å²) in [4.78, 5) is 28.4. The zero-order valence-corrected chi connectivity index (χ0v) is 14.5. The van der Waals surface area contributed by atoms with E-state index in [2.05, 4.69) is 11.9 Å². The summed E-state index contributed by atoms with van der Waals surface area (Å²) in [5, 5.41) is 10.1.